The van der Waals surface area contributed by atoms with Crippen molar-refractivity contribution in [3.05, 3.63) is 94.1 Å². The van der Waals surface area contributed by atoms with Crippen LogP contribution in [0.1, 0.15) is 69.3 Å². The summed E-state index contributed by atoms with van der Waals surface area (Å²) in [5.41, 5.74) is 11.2. The molecule has 0 bridgehead atoms. The third-order valence-corrected chi connectivity index (χ3v) is 5.99. The maximum Gasteiger partial charge on any atom is 0.335 e. The van der Waals surface area contributed by atoms with Crippen molar-refractivity contribution in [1.82, 2.24) is 0 Å². The first-order valence-electron chi connectivity index (χ1n) is 10.6. The van der Waals surface area contributed by atoms with E-state index in [0.29, 0.717) is 11.5 Å². The van der Waals surface area contributed by atoms with Crippen molar-refractivity contribution in [3.63, 3.8) is 0 Å². The molecule has 1 aliphatic carbocycles. The fourth-order valence-corrected chi connectivity index (χ4v) is 4.29. The van der Waals surface area contributed by atoms with Crippen LogP contribution in [0, 0.1) is 5.41 Å². The third kappa shape index (κ3) is 6.42. The van der Waals surface area contributed by atoms with Crippen molar-refractivity contribution in [1.29, 1.82) is 0 Å². The summed E-state index contributed by atoms with van der Waals surface area (Å²) in [6.07, 6.45) is 13.6. The zero-order valence-corrected chi connectivity index (χ0v) is 19.1. The second kappa shape index (κ2) is 10.3. The minimum atomic E-state index is -0.898. The lowest BCUT2D eigenvalue weighted by Crippen LogP contribution is -2.28. The van der Waals surface area contributed by atoms with Gasteiger partial charge in [0.15, 0.2) is 0 Å². The number of carboxylic acids is 1. The number of hydrogen-bond acceptors (Lipinski definition) is 2. The number of aromatic carboxylic acids is 1. The Hall–Kier alpha value is -3.14. The largest absolute Gasteiger partial charge is 0.478 e. The minimum Gasteiger partial charge on any atom is -0.478 e. The first kappa shape index (κ1) is 24.1. The highest BCUT2D eigenvalue weighted by Gasteiger charge is 2.37. The van der Waals surface area contributed by atoms with Gasteiger partial charge in [-0.15, -0.1) is 0 Å². The first-order valence-corrected chi connectivity index (χ1v) is 10.6. The molecule has 0 spiro atoms. The zero-order valence-electron chi connectivity index (χ0n) is 19.1. The Balaban J connectivity index is 2.23. The topological polar surface area (TPSA) is 80.4 Å². The molecule has 2 rings (SSSR count). The van der Waals surface area contributed by atoms with Gasteiger partial charge in [0.2, 0.25) is 5.91 Å². The van der Waals surface area contributed by atoms with E-state index in [4.69, 9.17) is 10.8 Å². The Bertz CT molecular complexity index is 986. The van der Waals surface area contributed by atoms with Crippen molar-refractivity contribution in [2.45, 2.75) is 53.4 Å². The predicted molar refractivity (Wildman–Crippen MR) is 127 cm³/mol. The van der Waals surface area contributed by atoms with E-state index in [1.165, 1.54) is 22.8 Å². The summed E-state index contributed by atoms with van der Waals surface area (Å²) in [5, 5.41) is 9.17. The van der Waals surface area contributed by atoms with Gasteiger partial charge in [-0.05, 0) is 73.8 Å². The van der Waals surface area contributed by atoms with Crippen LogP contribution in [0.3, 0.4) is 0 Å². The van der Waals surface area contributed by atoms with E-state index in [-0.39, 0.29) is 5.41 Å². The van der Waals surface area contributed by atoms with Gasteiger partial charge in [0, 0.05) is 6.08 Å². The number of carboxylic acid groups (broad SMARTS) is 1. The Labute approximate surface area is 185 Å². The van der Waals surface area contributed by atoms with Gasteiger partial charge in [0.05, 0.1) is 5.56 Å². The third-order valence-electron chi connectivity index (χ3n) is 5.99. The second-order valence-electron chi connectivity index (χ2n) is 8.83. The standard InChI is InChI=1S/C27H33NO3/c1-18(7-6-8-19(2)17-25(28)29)9-15-23-20(3)10-16-24(27(23,4)5)21-11-13-22(14-12-21)26(30)31/h6-9,11-15,17,24H,10,16H2,1-5H3,(H2,28,29)(H,30,31)/b8-6+,15-9+,18-7+,19-17+. The molecule has 0 aliphatic heterocycles. The molecule has 31 heavy (non-hydrogen) atoms. The van der Waals surface area contributed by atoms with Gasteiger partial charge >= 0.3 is 5.97 Å². The highest BCUT2D eigenvalue weighted by Crippen LogP contribution is 2.50. The molecule has 1 unspecified atom stereocenters. The van der Waals surface area contributed by atoms with Crippen LogP contribution in [0.15, 0.2) is 83.0 Å². The summed E-state index contributed by atoms with van der Waals surface area (Å²) in [4.78, 5) is 22.1. The van der Waals surface area contributed by atoms with Crippen LogP contribution >= 0.6 is 0 Å². The SMILES string of the molecule is CC1=C(/C=C/C(C)=C/C=C/C(C)=C/C(N)=O)C(C)(C)C(c2ccc(C(=O)O)cc2)CC1. The van der Waals surface area contributed by atoms with Gasteiger partial charge < -0.3 is 10.8 Å². The van der Waals surface area contributed by atoms with Crippen LogP contribution in [0.5, 0.6) is 0 Å². The highest BCUT2D eigenvalue weighted by molar-refractivity contribution is 5.87. The number of hydrogen-bond donors (Lipinski definition) is 2. The molecule has 4 heteroatoms. The number of primary amides is 1. The van der Waals surface area contributed by atoms with E-state index in [9.17, 15) is 9.59 Å². The number of amides is 1. The summed E-state index contributed by atoms with van der Waals surface area (Å²) >= 11 is 0. The van der Waals surface area contributed by atoms with Crippen molar-refractivity contribution < 1.29 is 14.7 Å². The fraction of sp³-hybridized carbons (Fsp3) is 0.333. The molecular weight excluding hydrogens is 386 g/mol. The van der Waals surface area contributed by atoms with Crippen LogP contribution in [-0.4, -0.2) is 17.0 Å². The number of allylic oxidation sites excluding steroid dienone is 9. The molecule has 0 heterocycles. The van der Waals surface area contributed by atoms with E-state index in [0.717, 1.165) is 24.0 Å². The molecule has 1 amide bonds. The molecule has 1 atom stereocenters. The fourth-order valence-electron chi connectivity index (χ4n) is 4.29. The van der Waals surface area contributed by atoms with Gasteiger partial charge in [-0.2, -0.15) is 0 Å². The van der Waals surface area contributed by atoms with Crippen molar-refractivity contribution >= 4 is 11.9 Å². The lowest BCUT2D eigenvalue weighted by molar-refractivity contribution is -0.113. The summed E-state index contributed by atoms with van der Waals surface area (Å²) in [7, 11) is 0. The molecule has 3 N–H and O–H groups in total. The molecule has 4 nitrogen and oxygen atoms in total. The van der Waals surface area contributed by atoms with Crippen LogP contribution < -0.4 is 5.73 Å². The highest BCUT2D eigenvalue weighted by atomic mass is 16.4. The second-order valence-corrected chi connectivity index (χ2v) is 8.83. The van der Waals surface area contributed by atoms with Crippen LogP contribution in [0.4, 0.5) is 0 Å². The van der Waals surface area contributed by atoms with E-state index in [1.54, 1.807) is 12.1 Å². The lowest BCUT2D eigenvalue weighted by Gasteiger charge is -2.41. The number of rotatable bonds is 7. The van der Waals surface area contributed by atoms with Crippen molar-refractivity contribution in [2.75, 3.05) is 0 Å². The van der Waals surface area contributed by atoms with Gasteiger partial charge in [-0.1, -0.05) is 67.5 Å². The predicted octanol–water partition coefficient (Wildman–Crippen LogP) is 6.10. The molecule has 0 saturated heterocycles. The maximum atomic E-state index is 11.2. The van der Waals surface area contributed by atoms with Gasteiger partial charge in [-0.25, -0.2) is 4.79 Å². The normalized spacial score (nSPS) is 20.0. The van der Waals surface area contributed by atoms with Crippen LogP contribution in [0.25, 0.3) is 0 Å². The number of carbonyl (C=O) groups excluding carboxylic acids is 1. The summed E-state index contributed by atoms with van der Waals surface area (Å²) in [6.45, 7) is 10.6. The zero-order chi connectivity index (χ0) is 23.2. The molecule has 1 aromatic rings. The van der Waals surface area contributed by atoms with Crippen molar-refractivity contribution in [3.8, 4) is 0 Å². The quantitative estimate of drug-likeness (QED) is 0.414. The van der Waals surface area contributed by atoms with E-state index < -0.39 is 11.9 Å². The molecule has 0 aromatic heterocycles. The monoisotopic (exact) mass is 419 g/mol. The van der Waals surface area contributed by atoms with E-state index in [2.05, 4.69) is 32.9 Å². The minimum absolute atomic E-state index is 0.0689. The van der Waals surface area contributed by atoms with Crippen LogP contribution in [-0.2, 0) is 4.79 Å². The Morgan fingerprint density at radius 2 is 1.74 bits per heavy atom. The first-order chi connectivity index (χ1) is 14.5. The molecule has 0 fully saturated rings. The van der Waals surface area contributed by atoms with E-state index in [1.807, 2.05) is 44.2 Å². The number of nitrogens with two attached hydrogens (primary N) is 1. The molecule has 0 radical (unpaired) electrons. The average molecular weight is 420 g/mol. The van der Waals surface area contributed by atoms with Gasteiger partial charge in [0.1, 0.15) is 0 Å². The smallest absolute Gasteiger partial charge is 0.335 e. The van der Waals surface area contributed by atoms with E-state index >= 15 is 0 Å². The van der Waals surface area contributed by atoms with Gasteiger partial charge in [-0.3, -0.25) is 4.79 Å². The molecular formula is C27H33NO3. The Morgan fingerprint density at radius 1 is 1.10 bits per heavy atom. The summed E-state index contributed by atoms with van der Waals surface area (Å²) in [6, 6.07) is 7.30. The Morgan fingerprint density at radius 3 is 2.32 bits per heavy atom. The number of benzene rings is 1. The van der Waals surface area contributed by atoms with Gasteiger partial charge in [0.25, 0.3) is 0 Å². The maximum absolute atomic E-state index is 11.2. The molecule has 0 saturated carbocycles. The van der Waals surface area contributed by atoms with Crippen LogP contribution in [0.2, 0.25) is 0 Å². The summed E-state index contributed by atoms with van der Waals surface area (Å²) in [5.74, 6) is -1.02. The molecule has 1 aromatic carbocycles. The lowest BCUT2D eigenvalue weighted by atomic mass is 9.63. The molecule has 164 valence electrons. The Kier molecular flexibility index (Phi) is 7.98. The van der Waals surface area contributed by atoms with Crippen molar-refractivity contribution in [2.24, 2.45) is 11.1 Å². The summed E-state index contributed by atoms with van der Waals surface area (Å²) < 4.78 is 0. The average Bonchev–Trinajstić information content (AvgIpc) is 2.67. The molecule has 1 aliphatic rings. The number of carbonyl (C=O) groups is 2.